The normalized spacial score (nSPS) is 29.2. The predicted octanol–water partition coefficient (Wildman–Crippen LogP) is 20.7. The Morgan fingerprint density at radius 1 is 0.269 bits per heavy atom. The van der Waals surface area contributed by atoms with Crippen molar-refractivity contribution >= 4 is 59.7 Å². The van der Waals surface area contributed by atoms with Gasteiger partial charge < -0.3 is 47.4 Å². The molecule has 20 atom stereocenters. The number of esters is 10. The first-order chi connectivity index (χ1) is 55.6. The van der Waals surface area contributed by atoms with Crippen molar-refractivity contribution in [3.63, 3.8) is 0 Å². The SMILES string of the molecule is CC.CC(=O)OC(CC(=O)OC(C)(C)C)C1CC2C=CC1C2.CC(C)(C)OC(=O)CC(OC(=O)C(C)(C)C)C1CC2C=CC1C2.CC(C)(C)OC(=O)CC(OC(=O)C1CCCC1)C1CC2C=CC1C2.CC(C)(C)OC(=O)CC(OC(=O)C1CCCCC1)C1CC2C=CC1C2.CC(C)(C)OC(=O)CC(OC(=O)C1CCCCC1)C1CC2C=CC1C2. The number of hydrogen-bond acceptors (Lipinski definition) is 20. The number of allylic oxidation sites excluding steroid dienone is 10. The average molecular weight is 1660 g/mol. The van der Waals surface area contributed by atoms with Crippen LogP contribution in [0.5, 0.6) is 0 Å². The van der Waals surface area contributed by atoms with Gasteiger partial charge in [-0.15, -0.1) is 0 Å². The maximum atomic E-state index is 12.6. The van der Waals surface area contributed by atoms with Gasteiger partial charge in [-0.05, 0) is 287 Å². The average Bonchev–Trinajstić information content (AvgIpc) is 1.70. The molecule has 0 aromatic heterocycles. The van der Waals surface area contributed by atoms with Crippen molar-refractivity contribution in [3.05, 3.63) is 60.8 Å². The Morgan fingerprint density at radius 3 is 0.630 bits per heavy atom. The Balaban J connectivity index is 0.000000185. The molecule has 20 nitrogen and oxygen atoms in total. The van der Waals surface area contributed by atoms with Crippen LogP contribution in [0.25, 0.3) is 0 Å². The van der Waals surface area contributed by atoms with E-state index in [4.69, 9.17) is 47.4 Å². The summed E-state index contributed by atoms with van der Waals surface area (Å²) in [7, 11) is 0. The Labute approximate surface area is 714 Å². The van der Waals surface area contributed by atoms with Crippen LogP contribution in [-0.2, 0) is 95.3 Å². The molecule has 0 amide bonds. The lowest BCUT2D eigenvalue weighted by Crippen LogP contribution is -2.37. The summed E-state index contributed by atoms with van der Waals surface area (Å²) in [6.07, 6.45) is 46.8. The molecule has 0 heterocycles. The van der Waals surface area contributed by atoms with Crippen molar-refractivity contribution in [2.45, 2.75) is 390 Å². The fraction of sp³-hybridized carbons (Fsp3) is 0.798. The molecular weight excluding hydrogens is 1510 g/mol. The molecule has 13 aliphatic carbocycles. The van der Waals surface area contributed by atoms with Gasteiger partial charge in [-0.3, -0.25) is 47.9 Å². The van der Waals surface area contributed by atoms with E-state index in [9.17, 15) is 47.9 Å². The molecule has 119 heavy (non-hydrogen) atoms. The summed E-state index contributed by atoms with van der Waals surface area (Å²) in [5.74, 6) is 4.16. The number of ether oxygens (including phenoxy) is 10. The van der Waals surface area contributed by atoms with Crippen molar-refractivity contribution in [3.8, 4) is 0 Å². The molecule has 0 spiro atoms. The highest BCUT2D eigenvalue weighted by Crippen LogP contribution is 2.52. The molecule has 0 saturated heterocycles. The molecule has 13 rings (SSSR count). The summed E-state index contributed by atoms with van der Waals surface area (Å²) in [6.45, 7) is 38.8. The molecule has 670 valence electrons. The zero-order chi connectivity index (χ0) is 87.7. The molecule has 0 radical (unpaired) electrons. The smallest absolute Gasteiger partial charge is 0.311 e. The van der Waals surface area contributed by atoms with Crippen LogP contribution in [0, 0.1) is 112 Å². The van der Waals surface area contributed by atoms with Crippen LogP contribution in [0.1, 0.15) is 332 Å². The zero-order valence-electron chi connectivity index (χ0n) is 76.7. The molecule has 13 aliphatic rings. The minimum atomic E-state index is -0.570. The lowest BCUT2D eigenvalue weighted by molar-refractivity contribution is -0.171. The summed E-state index contributed by atoms with van der Waals surface area (Å²) in [6, 6.07) is 0. The number of rotatable bonds is 23. The zero-order valence-corrected chi connectivity index (χ0v) is 76.7. The lowest BCUT2D eigenvalue weighted by atomic mass is 9.86. The summed E-state index contributed by atoms with van der Waals surface area (Å²) < 4.78 is 56.1. The second kappa shape index (κ2) is 43.1. The molecule has 20 unspecified atom stereocenters. The van der Waals surface area contributed by atoms with Crippen LogP contribution in [0.15, 0.2) is 60.8 Å². The minimum absolute atomic E-state index is 0.0176. The maximum absolute atomic E-state index is 12.6. The molecule has 8 fully saturated rings. The molecule has 20 heteroatoms. The van der Waals surface area contributed by atoms with Crippen molar-refractivity contribution in [1.82, 2.24) is 0 Å². The summed E-state index contributed by atoms with van der Waals surface area (Å²) >= 11 is 0. The highest BCUT2D eigenvalue weighted by molar-refractivity contribution is 5.78. The van der Waals surface area contributed by atoms with Crippen molar-refractivity contribution in [1.29, 1.82) is 0 Å². The first-order valence-corrected chi connectivity index (χ1v) is 46.2. The second-order valence-corrected chi connectivity index (χ2v) is 42.6. The third-order valence-corrected chi connectivity index (χ3v) is 25.5. The van der Waals surface area contributed by atoms with Crippen molar-refractivity contribution < 1.29 is 95.3 Å². The first kappa shape index (κ1) is 97.8. The van der Waals surface area contributed by atoms with Crippen LogP contribution < -0.4 is 0 Å². The largest absolute Gasteiger partial charge is 0.462 e. The monoisotopic (exact) mass is 1660 g/mol. The minimum Gasteiger partial charge on any atom is -0.462 e. The fourth-order valence-electron chi connectivity index (χ4n) is 20.5. The number of fused-ring (bicyclic) bond motifs is 10. The third-order valence-electron chi connectivity index (χ3n) is 25.5. The van der Waals surface area contributed by atoms with Crippen molar-refractivity contribution in [2.75, 3.05) is 0 Å². The Kier molecular flexibility index (Phi) is 35.5. The first-order valence-electron chi connectivity index (χ1n) is 46.2. The number of hydrogen-bond donors (Lipinski definition) is 0. The van der Waals surface area contributed by atoms with Crippen LogP contribution in [0.4, 0.5) is 0 Å². The van der Waals surface area contributed by atoms with E-state index in [0.29, 0.717) is 59.2 Å². The van der Waals surface area contributed by atoms with E-state index in [-0.39, 0.29) is 164 Å². The van der Waals surface area contributed by atoms with Gasteiger partial charge in [-0.1, -0.05) is 126 Å². The van der Waals surface area contributed by atoms with E-state index in [1.54, 1.807) is 0 Å². The van der Waals surface area contributed by atoms with E-state index in [2.05, 4.69) is 60.8 Å². The van der Waals surface area contributed by atoms with Gasteiger partial charge in [0.15, 0.2) is 0 Å². The van der Waals surface area contributed by atoms with Crippen LogP contribution >= 0.6 is 0 Å². The quantitative estimate of drug-likeness (QED) is 0.0523. The van der Waals surface area contributed by atoms with Crippen LogP contribution in [0.2, 0.25) is 0 Å². The highest BCUT2D eigenvalue weighted by Gasteiger charge is 2.50. The molecule has 10 bridgehead atoms. The van der Waals surface area contributed by atoms with Crippen LogP contribution in [-0.4, -0.2) is 118 Å². The van der Waals surface area contributed by atoms with Gasteiger partial charge in [0.05, 0.1) is 55.3 Å². The molecule has 8 saturated carbocycles. The van der Waals surface area contributed by atoms with Gasteiger partial charge in [0.25, 0.3) is 0 Å². The molecular formula is C99H154O20. The van der Waals surface area contributed by atoms with Gasteiger partial charge in [-0.25, -0.2) is 0 Å². The number of carbonyl (C=O) groups is 10. The Hall–Kier alpha value is -6.60. The molecule has 0 aliphatic heterocycles. The van der Waals surface area contributed by atoms with Crippen molar-refractivity contribution in [2.24, 2.45) is 112 Å². The van der Waals surface area contributed by atoms with E-state index in [0.717, 1.165) is 141 Å². The third kappa shape index (κ3) is 31.9. The summed E-state index contributed by atoms with van der Waals surface area (Å²) in [5, 5.41) is 0. The van der Waals surface area contributed by atoms with E-state index >= 15 is 0 Å². The topological polar surface area (TPSA) is 263 Å². The molecule has 0 aromatic carbocycles. The van der Waals surface area contributed by atoms with Crippen LogP contribution in [0.3, 0.4) is 0 Å². The van der Waals surface area contributed by atoms with Gasteiger partial charge in [-0.2, -0.15) is 0 Å². The van der Waals surface area contributed by atoms with E-state index in [1.807, 2.05) is 138 Å². The predicted molar refractivity (Wildman–Crippen MR) is 458 cm³/mol. The second-order valence-electron chi connectivity index (χ2n) is 42.6. The molecule has 0 N–H and O–H groups in total. The fourth-order valence-corrected chi connectivity index (χ4v) is 20.5. The highest BCUT2D eigenvalue weighted by atomic mass is 16.6. The molecule has 0 aromatic rings. The van der Waals surface area contributed by atoms with Gasteiger partial charge in [0, 0.05) is 36.5 Å². The van der Waals surface area contributed by atoms with E-state index < -0.39 is 39.5 Å². The summed E-state index contributed by atoms with van der Waals surface area (Å²) in [4.78, 5) is 123. The van der Waals surface area contributed by atoms with E-state index in [1.165, 1.54) is 19.8 Å². The lowest BCUT2D eigenvalue weighted by Gasteiger charge is -2.31. The standard InChI is InChI=1S/2C21H32O4.C20H30O4.C19H30O4.C16H24O4.C2H6/c2*1-21(2,3)25-19(22)13-18(17-12-14-9-10-16(17)11-14)24-20(23)15-7-5-4-6-8-15;1-20(2,3)24-18(21)12-17(16-11-13-8-9-15(16)10-13)23-19(22)14-6-4-5-7-14;1-18(2,3)17(21)22-15(11-16(20)23-19(4,5)6)14-10-12-7-8-13(14)9-12;1-10(17)19-14(9-15(18)20-16(2,3)4)13-8-11-5-6-12(13)7-11;1-2/h2*9-10,14-18H,4-8,11-13H2,1-3H3;8-9,13-17H,4-7,10-12H2,1-3H3;7-8,12-15H,9-11H2,1-6H3;5-6,11-14H,7-9H2,1-4H3;1-2H3. The Morgan fingerprint density at radius 2 is 0.462 bits per heavy atom. The number of carbonyl (C=O) groups excluding carboxylic acids is 10. The summed E-state index contributed by atoms with van der Waals surface area (Å²) in [5.41, 5.74) is -3.13. The Bertz CT molecular complexity index is 3440. The van der Waals surface area contributed by atoms with Gasteiger partial charge in [0.2, 0.25) is 0 Å². The van der Waals surface area contributed by atoms with Gasteiger partial charge in [0.1, 0.15) is 58.5 Å². The van der Waals surface area contributed by atoms with Gasteiger partial charge >= 0.3 is 59.7 Å². The maximum Gasteiger partial charge on any atom is 0.311 e.